The summed E-state index contributed by atoms with van der Waals surface area (Å²) in [6.07, 6.45) is 1.34. The van der Waals surface area contributed by atoms with Crippen LogP contribution in [0.1, 0.15) is 5.56 Å². The maximum absolute atomic E-state index is 13.5. The van der Waals surface area contributed by atoms with Crippen molar-refractivity contribution in [1.29, 1.82) is 0 Å². The molecule has 0 amide bonds. The Morgan fingerprint density at radius 1 is 1.35 bits per heavy atom. The van der Waals surface area contributed by atoms with Crippen molar-refractivity contribution >= 4 is 27.5 Å². The van der Waals surface area contributed by atoms with Crippen LogP contribution in [0.15, 0.2) is 34.9 Å². The van der Waals surface area contributed by atoms with Crippen LogP contribution in [0.2, 0.25) is 5.02 Å². The quantitative estimate of drug-likeness (QED) is 0.798. The van der Waals surface area contributed by atoms with Crippen LogP contribution in [0.3, 0.4) is 0 Å². The molecule has 2 rings (SSSR count). The molecule has 0 aliphatic rings. The van der Waals surface area contributed by atoms with Crippen LogP contribution in [-0.4, -0.2) is 4.98 Å². The van der Waals surface area contributed by atoms with Gasteiger partial charge in [0.1, 0.15) is 5.75 Å². The van der Waals surface area contributed by atoms with Crippen LogP contribution in [-0.2, 0) is 0 Å². The molecule has 0 radical (unpaired) electrons. The molecule has 0 unspecified atom stereocenters. The molecule has 0 aliphatic heterocycles. The Morgan fingerprint density at radius 2 is 2.12 bits per heavy atom. The van der Waals surface area contributed by atoms with Gasteiger partial charge in [-0.25, -0.2) is 9.37 Å². The summed E-state index contributed by atoms with van der Waals surface area (Å²) in [6.45, 7) is 1.95. The Morgan fingerprint density at radius 3 is 2.76 bits per heavy atom. The number of hydrogen-bond donors (Lipinski definition) is 0. The number of hydrogen-bond acceptors (Lipinski definition) is 2. The summed E-state index contributed by atoms with van der Waals surface area (Å²) in [6, 6.07) is 6.65. The van der Waals surface area contributed by atoms with Gasteiger partial charge in [-0.15, -0.1) is 0 Å². The highest BCUT2D eigenvalue weighted by molar-refractivity contribution is 9.10. The fourth-order valence-electron chi connectivity index (χ4n) is 1.27. The zero-order valence-electron chi connectivity index (χ0n) is 8.88. The Kier molecular flexibility index (Phi) is 3.64. The molecule has 2 nitrogen and oxygen atoms in total. The molecule has 1 aromatic heterocycles. The number of aryl methyl sites for hydroxylation is 1. The highest BCUT2D eigenvalue weighted by Crippen LogP contribution is 2.31. The maximum atomic E-state index is 13.5. The lowest BCUT2D eigenvalue weighted by molar-refractivity contribution is 0.420. The third kappa shape index (κ3) is 2.96. The molecule has 88 valence electrons. The number of nitrogens with zero attached hydrogens (tertiary/aromatic N) is 1. The van der Waals surface area contributed by atoms with E-state index in [4.69, 9.17) is 16.3 Å². The topological polar surface area (TPSA) is 22.1 Å². The normalized spacial score (nSPS) is 10.4. The average molecular weight is 317 g/mol. The third-order valence-electron chi connectivity index (χ3n) is 2.07. The second-order valence-corrected chi connectivity index (χ2v) is 4.77. The smallest absolute Gasteiger partial charge is 0.256 e. The van der Waals surface area contributed by atoms with Crippen molar-refractivity contribution in [3.8, 4) is 11.6 Å². The Labute approximate surface area is 112 Å². The molecule has 0 N–H and O–H groups in total. The zero-order valence-corrected chi connectivity index (χ0v) is 11.2. The van der Waals surface area contributed by atoms with Gasteiger partial charge in [-0.1, -0.05) is 17.7 Å². The fraction of sp³-hybridized carbons (Fsp3) is 0.0833. The second kappa shape index (κ2) is 5.02. The van der Waals surface area contributed by atoms with E-state index in [-0.39, 0.29) is 10.9 Å². The average Bonchev–Trinajstić information content (AvgIpc) is 2.25. The maximum Gasteiger partial charge on any atom is 0.256 e. The summed E-state index contributed by atoms with van der Waals surface area (Å²) >= 11 is 8.95. The zero-order chi connectivity index (χ0) is 12.4. The van der Waals surface area contributed by atoms with E-state index < -0.39 is 5.82 Å². The summed E-state index contributed by atoms with van der Waals surface area (Å²) in [5.74, 6) is -0.187. The highest BCUT2D eigenvalue weighted by atomic mass is 79.9. The first kappa shape index (κ1) is 12.3. The highest BCUT2D eigenvalue weighted by Gasteiger charge is 2.09. The molecule has 0 atom stereocenters. The summed E-state index contributed by atoms with van der Waals surface area (Å²) in [5.41, 5.74) is 1.08. The molecule has 0 fully saturated rings. The summed E-state index contributed by atoms with van der Waals surface area (Å²) in [7, 11) is 0. The van der Waals surface area contributed by atoms with E-state index in [0.717, 1.165) is 16.1 Å². The molecule has 5 heteroatoms. The molecule has 0 saturated heterocycles. The first-order valence-electron chi connectivity index (χ1n) is 4.81. The molecular weight excluding hydrogens is 308 g/mol. The molecule has 1 aromatic carbocycles. The van der Waals surface area contributed by atoms with E-state index in [1.165, 1.54) is 6.20 Å². The first-order valence-corrected chi connectivity index (χ1v) is 5.98. The van der Waals surface area contributed by atoms with Crippen LogP contribution in [0.25, 0.3) is 0 Å². The van der Waals surface area contributed by atoms with Crippen LogP contribution in [0.5, 0.6) is 11.6 Å². The minimum absolute atomic E-state index is 0.0982. The number of aromatic nitrogens is 1. The monoisotopic (exact) mass is 315 g/mol. The predicted molar refractivity (Wildman–Crippen MR) is 68.2 cm³/mol. The van der Waals surface area contributed by atoms with Gasteiger partial charge in [-0.3, -0.25) is 0 Å². The van der Waals surface area contributed by atoms with Gasteiger partial charge in [0.15, 0.2) is 5.82 Å². The molecule has 2 aromatic rings. The Hall–Kier alpha value is -1.13. The van der Waals surface area contributed by atoms with Crippen molar-refractivity contribution in [2.75, 3.05) is 0 Å². The summed E-state index contributed by atoms with van der Waals surface area (Å²) in [4.78, 5) is 3.79. The molecule has 0 saturated carbocycles. The Balaban J connectivity index is 2.31. The standard InChI is InChI=1S/C12H8BrClFNO/c1-7-2-3-11(9(13)4-7)17-12-10(15)5-8(14)6-16-12/h2-6H,1H3. The van der Waals surface area contributed by atoms with Crippen molar-refractivity contribution in [1.82, 2.24) is 4.98 Å². The number of rotatable bonds is 2. The number of benzene rings is 1. The van der Waals surface area contributed by atoms with Gasteiger partial charge in [-0.2, -0.15) is 0 Å². The molecule has 0 aliphatic carbocycles. The van der Waals surface area contributed by atoms with E-state index in [0.29, 0.717) is 5.75 Å². The van der Waals surface area contributed by atoms with Crippen molar-refractivity contribution in [2.24, 2.45) is 0 Å². The van der Waals surface area contributed by atoms with Crippen molar-refractivity contribution in [3.05, 3.63) is 51.3 Å². The molecular formula is C12H8BrClFNO. The van der Waals surface area contributed by atoms with E-state index in [2.05, 4.69) is 20.9 Å². The van der Waals surface area contributed by atoms with Crippen molar-refractivity contribution in [2.45, 2.75) is 6.92 Å². The van der Waals surface area contributed by atoms with Gasteiger partial charge < -0.3 is 4.74 Å². The van der Waals surface area contributed by atoms with Gasteiger partial charge in [0.05, 0.1) is 9.50 Å². The number of ether oxygens (including phenoxy) is 1. The molecule has 17 heavy (non-hydrogen) atoms. The minimum Gasteiger partial charge on any atom is -0.435 e. The summed E-state index contributed by atoms with van der Waals surface area (Å²) < 4.78 is 19.6. The number of halogens is 3. The minimum atomic E-state index is -0.593. The van der Waals surface area contributed by atoms with Crippen LogP contribution in [0.4, 0.5) is 4.39 Å². The van der Waals surface area contributed by atoms with E-state index in [1.807, 2.05) is 19.1 Å². The second-order valence-electron chi connectivity index (χ2n) is 3.48. The largest absolute Gasteiger partial charge is 0.435 e. The van der Waals surface area contributed by atoms with E-state index >= 15 is 0 Å². The summed E-state index contributed by atoms with van der Waals surface area (Å²) in [5, 5.41) is 0.234. The van der Waals surface area contributed by atoms with Gasteiger partial charge >= 0.3 is 0 Å². The Bertz CT molecular complexity index is 513. The molecule has 1 heterocycles. The van der Waals surface area contributed by atoms with Crippen LogP contribution < -0.4 is 4.74 Å². The lowest BCUT2D eigenvalue weighted by Gasteiger charge is -2.08. The number of pyridine rings is 1. The van der Waals surface area contributed by atoms with Gasteiger partial charge in [0.25, 0.3) is 5.88 Å². The fourth-order valence-corrected chi connectivity index (χ4v) is 1.99. The van der Waals surface area contributed by atoms with Crippen molar-refractivity contribution in [3.63, 3.8) is 0 Å². The van der Waals surface area contributed by atoms with Crippen LogP contribution >= 0.6 is 27.5 Å². The van der Waals surface area contributed by atoms with Gasteiger partial charge in [-0.05, 0) is 46.6 Å². The van der Waals surface area contributed by atoms with Gasteiger partial charge in [0, 0.05) is 6.20 Å². The van der Waals surface area contributed by atoms with Crippen LogP contribution in [0, 0.1) is 12.7 Å². The first-order chi connectivity index (χ1) is 8.06. The lowest BCUT2D eigenvalue weighted by atomic mass is 10.2. The molecule has 0 spiro atoms. The predicted octanol–water partition coefficient (Wildman–Crippen LogP) is 4.74. The van der Waals surface area contributed by atoms with E-state index in [1.54, 1.807) is 6.07 Å². The van der Waals surface area contributed by atoms with E-state index in [9.17, 15) is 4.39 Å². The molecule has 0 bridgehead atoms. The lowest BCUT2D eigenvalue weighted by Crippen LogP contribution is -1.92. The van der Waals surface area contributed by atoms with Gasteiger partial charge in [0.2, 0.25) is 0 Å². The van der Waals surface area contributed by atoms with Crippen molar-refractivity contribution < 1.29 is 9.13 Å². The SMILES string of the molecule is Cc1ccc(Oc2ncc(Cl)cc2F)c(Br)c1. The third-order valence-corrected chi connectivity index (χ3v) is 2.89.